The van der Waals surface area contributed by atoms with Gasteiger partial charge in [0.15, 0.2) is 0 Å². The van der Waals surface area contributed by atoms with E-state index in [4.69, 9.17) is 4.74 Å². The number of hydrogen-bond donors (Lipinski definition) is 1. The van der Waals surface area contributed by atoms with Gasteiger partial charge in [-0.1, -0.05) is 13.8 Å². The molecular formula is C16H24FN3O. The molecule has 2 aliphatic heterocycles. The first-order valence-electron chi connectivity index (χ1n) is 7.87. The van der Waals surface area contributed by atoms with Crippen molar-refractivity contribution in [3.05, 3.63) is 23.6 Å². The lowest BCUT2D eigenvalue weighted by molar-refractivity contribution is 0.0301. The van der Waals surface area contributed by atoms with E-state index in [9.17, 15) is 4.39 Å². The van der Waals surface area contributed by atoms with Crippen molar-refractivity contribution in [2.45, 2.75) is 45.4 Å². The second-order valence-electron chi connectivity index (χ2n) is 6.52. The number of fused-ring (bicyclic) bond motifs is 2. The zero-order valence-electron chi connectivity index (χ0n) is 12.8. The van der Waals surface area contributed by atoms with Crippen molar-refractivity contribution >= 4 is 5.82 Å². The highest BCUT2D eigenvalue weighted by atomic mass is 19.1. The summed E-state index contributed by atoms with van der Waals surface area (Å²) in [6.07, 6.45) is 4.20. The van der Waals surface area contributed by atoms with Gasteiger partial charge in [-0.2, -0.15) is 0 Å². The molecule has 116 valence electrons. The maximum atomic E-state index is 13.5. The molecule has 5 heteroatoms. The van der Waals surface area contributed by atoms with Crippen molar-refractivity contribution in [2.75, 3.05) is 24.5 Å². The van der Waals surface area contributed by atoms with E-state index in [0.717, 1.165) is 43.9 Å². The van der Waals surface area contributed by atoms with Gasteiger partial charge in [-0.3, -0.25) is 0 Å². The van der Waals surface area contributed by atoms with Gasteiger partial charge in [0.25, 0.3) is 0 Å². The van der Waals surface area contributed by atoms with Crippen LogP contribution in [0.25, 0.3) is 0 Å². The highest BCUT2D eigenvalue weighted by Crippen LogP contribution is 2.30. The summed E-state index contributed by atoms with van der Waals surface area (Å²) in [6, 6.07) is 1.60. The highest BCUT2D eigenvalue weighted by Gasteiger charge is 2.34. The summed E-state index contributed by atoms with van der Waals surface area (Å²) in [5, 5.41) is 3.38. The third-order valence-electron chi connectivity index (χ3n) is 4.12. The van der Waals surface area contributed by atoms with Crippen LogP contribution in [0.2, 0.25) is 0 Å². The van der Waals surface area contributed by atoms with E-state index in [1.165, 1.54) is 6.20 Å². The van der Waals surface area contributed by atoms with E-state index in [0.29, 0.717) is 24.7 Å². The number of halogens is 1. The summed E-state index contributed by atoms with van der Waals surface area (Å²) >= 11 is 0. The number of anilines is 1. The second-order valence-corrected chi connectivity index (χ2v) is 6.52. The first-order valence-corrected chi connectivity index (χ1v) is 7.87. The standard InChI is InChI=1S/C16H24FN3O/c1-11(2)6-18-7-12-5-13(17)8-19-16(12)20-9-14-3-4-15(10-20)21-14/h5,8,11,14-15,18H,3-4,6-7,9-10H2,1-2H3. The summed E-state index contributed by atoms with van der Waals surface area (Å²) in [5.41, 5.74) is 0.942. The fourth-order valence-corrected chi connectivity index (χ4v) is 3.17. The Morgan fingerprint density at radius 3 is 2.76 bits per heavy atom. The van der Waals surface area contributed by atoms with Gasteiger partial charge in [-0.05, 0) is 31.4 Å². The van der Waals surface area contributed by atoms with Crippen LogP contribution in [0.5, 0.6) is 0 Å². The number of ether oxygens (including phenoxy) is 1. The van der Waals surface area contributed by atoms with Crippen LogP contribution in [0.4, 0.5) is 10.2 Å². The van der Waals surface area contributed by atoms with Crippen LogP contribution in [-0.2, 0) is 11.3 Å². The Bertz CT molecular complexity index is 482. The minimum absolute atomic E-state index is 0.267. The van der Waals surface area contributed by atoms with E-state index in [2.05, 4.69) is 29.0 Å². The van der Waals surface area contributed by atoms with Crippen molar-refractivity contribution < 1.29 is 9.13 Å². The van der Waals surface area contributed by atoms with Gasteiger partial charge in [-0.15, -0.1) is 0 Å². The molecule has 21 heavy (non-hydrogen) atoms. The smallest absolute Gasteiger partial charge is 0.141 e. The van der Waals surface area contributed by atoms with Gasteiger partial charge < -0.3 is 15.0 Å². The largest absolute Gasteiger partial charge is 0.371 e. The molecule has 0 aliphatic carbocycles. The molecular weight excluding hydrogens is 269 g/mol. The summed E-state index contributed by atoms with van der Waals surface area (Å²) in [4.78, 5) is 6.61. The third-order valence-corrected chi connectivity index (χ3v) is 4.12. The Balaban J connectivity index is 1.74. The first-order chi connectivity index (χ1) is 10.1. The molecule has 3 rings (SSSR count). The topological polar surface area (TPSA) is 37.4 Å². The molecule has 0 aromatic carbocycles. The molecule has 1 aromatic heterocycles. The molecule has 2 unspecified atom stereocenters. The number of nitrogens with zero attached hydrogens (tertiary/aromatic N) is 2. The van der Waals surface area contributed by atoms with E-state index in [-0.39, 0.29) is 5.82 Å². The minimum Gasteiger partial charge on any atom is -0.371 e. The van der Waals surface area contributed by atoms with Crippen LogP contribution in [0.3, 0.4) is 0 Å². The molecule has 2 bridgehead atoms. The fraction of sp³-hybridized carbons (Fsp3) is 0.688. The van der Waals surface area contributed by atoms with Gasteiger partial charge in [0, 0.05) is 25.2 Å². The quantitative estimate of drug-likeness (QED) is 0.904. The zero-order valence-corrected chi connectivity index (χ0v) is 12.8. The Morgan fingerprint density at radius 1 is 1.38 bits per heavy atom. The van der Waals surface area contributed by atoms with Crippen LogP contribution in [0.15, 0.2) is 12.3 Å². The SMILES string of the molecule is CC(C)CNCc1cc(F)cnc1N1CC2CCC(C1)O2. The molecule has 0 amide bonds. The van der Waals surface area contributed by atoms with Crippen LogP contribution in [0.1, 0.15) is 32.3 Å². The van der Waals surface area contributed by atoms with E-state index in [1.54, 1.807) is 6.07 Å². The fourth-order valence-electron chi connectivity index (χ4n) is 3.17. The molecule has 2 aliphatic rings. The average Bonchev–Trinajstić information content (AvgIpc) is 2.77. The Kier molecular flexibility index (Phi) is 4.40. The normalized spacial score (nSPS) is 24.9. The molecule has 2 fully saturated rings. The number of morpholine rings is 1. The lowest BCUT2D eigenvalue weighted by Crippen LogP contribution is -2.43. The van der Waals surface area contributed by atoms with Crippen molar-refractivity contribution in [3.63, 3.8) is 0 Å². The summed E-state index contributed by atoms with van der Waals surface area (Å²) < 4.78 is 19.4. The van der Waals surface area contributed by atoms with Crippen molar-refractivity contribution in [1.82, 2.24) is 10.3 Å². The Morgan fingerprint density at radius 2 is 2.10 bits per heavy atom. The van der Waals surface area contributed by atoms with Gasteiger partial charge in [0.2, 0.25) is 0 Å². The monoisotopic (exact) mass is 293 g/mol. The van der Waals surface area contributed by atoms with Gasteiger partial charge in [0.05, 0.1) is 18.4 Å². The Labute approximate surface area is 125 Å². The Hall–Kier alpha value is -1.20. The third kappa shape index (κ3) is 3.52. The maximum Gasteiger partial charge on any atom is 0.141 e. The average molecular weight is 293 g/mol. The zero-order chi connectivity index (χ0) is 14.8. The predicted molar refractivity (Wildman–Crippen MR) is 80.8 cm³/mol. The molecule has 0 radical (unpaired) electrons. The second kappa shape index (κ2) is 6.28. The maximum absolute atomic E-state index is 13.5. The number of pyridine rings is 1. The van der Waals surface area contributed by atoms with E-state index >= 15 is 0 Å². The number of aromatic nitrogens is 1. The molecule has 0 spiro atoms. The van der Waals surface area contributed by atoms with Crippen LogP contribution >= 0.6 is 0 Å². The van der Waals surface area contributed by atoms with Crippen molar-refractivity contribution in [1.29, 1.82) is 0 Å². The molecule has 1 N–H and O–H groups in total. The lowest BCUT2D eigenvalue weighted by Gasteiger charge is -2.34. The van der Waals surface area contributed by atoms with Gasteiger partial charge >= 0.3 is 0 Å². The summed E-state index contributed by atoms with van der Waals surface area (Å²) in [5.74, 6) is 1.22. The molecule has 4 nitrogen and oxygen atoms in total. The number of hydrogen-bond acceptors (Lipinski definition) is 4. The van der Waals surface area contributed by atoms with Crippen LogP contribution < -0.4 is 10.2 Å². The van der Waals surface area contributed by atoms with Crippen LogP contribution in [-0.4, -0.2) is 36.8 Å². The lowest BCUT2D eigenvalue weighted by atomic mass is 10.2. The molecule has 0 saturated carbocycles. The summed E-state index contributed by atoms with van der Waals surface area (Å²) in [6.45, 7) is 7.64. The van der Waals surface area contributed by atoms with Crippen molar-refractivity contribution in [2.24, 2.45) is 5.92 Å². The van der Waals surface area contributed by atoms with Gasteiger partial charge in [0.1, 0.15) is 11.6 Å². The molecule has 3 heterocycles. The number of nitrogens with one attached hydrogen (secondary N) is 1. The van der Waals surface area contributed by atoms with E-state index in [1.807, 2.05) is 0 Å². The van der Waals surface area contributed by atoms with E-state index < -0.39 is 0 Å². The predicted octanol–water partition coefficient (Wildman–Crippen LogP) is 2.33. The first kappa shape index (κ1) is 14.7. The molecule has 2 saturated heterocycles. The minimum atomic E-state index is -0.267. The van der Waals surface area contributed by atoms with Crippen molar-refractivity contribution in [3.8, 4) is 0 Å². The van der Waals surface area contributed by atoms with Crippen LogP contribution in [0, 0.1) is 11.7 Å². The highest BCUT2D eigenvalue weighted by molar-refractivity contribution is 5.48. The number of rotatable bonds is 5. The molecule has 1 aromatic rings. The molecule has 2 atom stereocenters. The summed E-state index contributed by atoms with van der Waals surface area (Å²) in [7, 11) is 0. The van der Waals surface area contributed by atoms with Gasteiger partial charge in [-0.25, -0.2) is 9.37 Å².